The van der Waals surface area contributed by atoms with Crippen molar-refractivity contribution >= 4 is 0 Å². The third-order valence-electron chi connectivity index (χ3n) is 4.80. The molecule has 0 aromatic heterocycles. The minimum atomic E-state index is 0.875. The van der Waals surface area contributed by atoms with Crippen LogP contribution < -0.4 is 5.32 Å². The van der Waals surface area contributed by atoms with E-state index in [4.69, 9.17) is 0 Å². The predicted molar refractivity (Wildman–Crippen MR) is 90.4 cm³/mol. The predicted octanol–water partition coefficient (Wildman–Crippen LogP) is 4.59. The second-order valence-electron chi connectivity index (χ2n) is 6.64. The minimum Gasteiger partial charge on any atom is -0.315 e. The summed E-state index contributed by atoms with van der Waals surface area (Å²) >= 11 is 0. The average Bonchev–Trinajstić information content (AvgIpc) is 2.99. The number of nitrogens with one attached hydrogen (secondary N) is 1. The van der Waals surface area contributed by atoms with Gasteiger partial charge in [0.15, 0.2) is 0 Å². The summed E-state index contributed by atoms with van der Waals surface area (Å²) in [7, 11) is 2.30. The van der Waals surface area contributed by atoms with Crippen molar-refractivity contribution in [1.82, 2.24) is 10.2 Å². The first-order chi connectivity index (χ1) is 9.84. The van der Waals surface area contributed by atoms with E-state index in [1.54, 1.807) is 0 Å². The number of rotatable bonds is 13. The van der Waals surface area contributed by atoms with Crippen molar-refractivity contribution in [2.75, 3.05) is 26.7 Å². The van der Waals surface area contributed by atoms with Gasteiger partial charge in [0.1, 0.15) is 0 Å². The third kappa shape index (κ3) is 8.97. The van der Waals surface area contributed by atoms with E-state index in [9.17, 15) is 0 Å². The van der Waals surface area contributed by atoms with Gasteiger partial charge in [0.25, 0.3) is 0 Å². The molecule has 1 aliphatic carbocycles. The summed E-state index contributed by atoms with van der Waals surface area (Å²) in [5.74, 6) is 0. The zero-order valence-electron chi connectivity index (χ0n) is 14.1. The molecule has 2 heteroatoms. The molecule has 20 heavy (non-hydrogen) atoms. The van der Waals surface area contributed by atoms with E-state index in [1.165, 1.54) is 96.7 Å². The Morgan fingerprint density at radius 1 is 0.850 bits per heavy atom. The molecule has 1 N–H and O–H groups in total. The van der Waals surface area contributed by atoms with E-state index in [1.807, 2.05) is 0 Å². The Bertz CT molecular complexity index is 200. The maximum atomic E-state index is 3.61. The second-order valence-corrected chi connectivity index (χ2v) is 6.64. The third-order valence-corrected chi connectivity index (χ3v) is 4.80. The fraction of sp³-hybridized carbons (Fsp3) is 1.00. The summed E-state index contributed by atoms with van der Waals surface area (Å²) in [6, 6.07) is 0.875. The Hall–Kier alpha value is -0.0800. The van der Waals surface area contributed by atoms with Crippen molar-refractivity contribution in [3.63, 3.8) is 0 Å². The molecule has 2 nitrogen and oxygen atoms in total. The van der Waals surface area contributed by atoms with Crippen LogP contribution in [0.3, 0.4) is 0 Å². The normalized spacial score (nSPS) is 16.4. The van der Waals surface area contributed by atoms with Crippen LogP contribution in [0.5, 0.6) is 0 Å². The maximum absolute atomic E-state index is 3.61. The van der Waals surface area contributed by atoms with Gasteiger partial charge in [0, 0.05) is 19.1 Å². The minimum absolute atomic E-state index is 0.875. The Balaban J connectivity index is 1.76. The first-order valence-electron chi connectivity index (χ1n) is 9.25. The summed E-state index contributed by atoms with van der Waals surface area (Å²) < 4.78 is 0. The van der Waals surface area contributed by atoms with E-state index >= 15 is 0 Å². The highest BCUT2D eigenvalue weighted by atomic mass is 15.1. The molecule has 1 aliphatic rings. The fourth-order valence-corrected chi connectivity index (χ4v) is 3.29. The first-order valence-corrected chi connectivity index (χ1v) is 9.25. The molecule has 0 aromatic rings. The Morgan fingerprint density at radius 2 is 1.45 bits per heavy atom. The van der Waals surface area contributed by atoms with Crippen LogP contribution >= 0.6 is 0 Å². The summed E-state index contributed by atoms with van der Waals surface area (Å²) in [5, 5.41) is 3.61. The van der Waals surface area contributed by atoms with Gasteiger partial charge >= 0.3 is 0 Å². The average molecular weight is 283 g/mol. The van der Waals surface area contributed by atoms with Crippen LogP contribution in [0.2, 0.25) is 0 Å². The van der Waals surface area contributed by atoms with Crippen molar-refractivity contribution in [1.29, 1.82) is 0 Å². The van der Waals surface area contributed by atoms with Crippen molar-refractivity contribution in [3.8, 4) is 0 Å². The molecular weight excluding hydrogens is 244 g/mol. The second kappa shape index (κ2) is 12.6. The molecule has 0 amide bonds. The Morgan fingerprint density at radius 3 is 2.10 bits per heavy atom. The van der Waals surface area contributed by atoms with Crippen LogP contribution in [0.4, 0.5) is 0 Å². The van der Waals surface area contributed by atoms with Crippen molar-refractivity contribution in [3.05, 3.63) is 0 Å². The lowest BCUT2D eigenvalue weighted by atomic mass is 10.1. The maximum Gasteiger partial charge on any atom is 0.0107 e. The molecule has 1 saturated carbocycles. The molecular formula is C18H38N2. The lowest BCUT2D eigenvalue weighted by Crippen LogP contribution is -2.35. The smallest absolute Gasteiger partial charge is 0.0107 e. The van der Waals surface area contributed by atoms with Crippen molar-refractivity contribution in [2.24, 2.45) is 0 Å². The molecule has 0 heterocycles. The van der Waals surface area contributed by atoms with E-state index in [0.717, 1.165) is 6.04 Å². The van der Waals surface area contributed by atoms with E-state index in [-0.39, 0.29) is 0 Å². The summed E-state index contributed by atoms with van der Waals surface area (Å²) in [6.07, 6.45) is 17.1. The van der Waals surface area contributed by atoms with Gasteiger partial charge in [-0.05, 0) is 32.9 Å². The Labute approximate surface area is 127 Å². The summed E-state index contributed by atoms with van der Waals surface area (Å²) in [5.41, 5.74) is 0. The quantitative estimate of drug-likeness (QED) is 0.497. The monoisotopic (exact) mass is 282 g/mol. The van der Waals surface area contributed by atoms with Crippen molar-refractivity contribution < 1.29 is 0 Å². The number of nitrogens with zero attached hydrogens (tertiary/aromatic N) is 1. The molecule has 0 radical (unpaired) electrons. The molecule has 0 atom stereocenters. The van der Waals surface area contributed by atoms with Crippen LogP contribution in [-0.2, 0) is 0 Å². The molecule has 0 aromatic carbocycles. The van der Waals surface area contributed by atoms with Gasteiger partial charge < -0.3 is 10.2 Å². The van der Waals surface area contributed by atoms with Crippen LogP contribution in [0.1, 0.15) is 84.0 Å². The molecule has 120 valence electrons. The molecule has 0 spiro atoms. The summed E-state index contributed by atoms with van der Waals surface area (Å²) in [6.45, 7) is 5.90. The highest BCUT2D eigenvalue weighted by molar-refractivity contribution is 4.75. The highest BCUT2D eigenvalue weighted by Crippen LogP contribution is 2.21. The number of unbranched alkanes of at least 4 members (excludes halogenated alkanes) is 7. The van der Waals surface area contributed by atoms with Crippen molar-refractivity contribution in [2.45, 2.75) is 90.0 Å². The molecule has 0 unspecified atom stereocenters. The van der Waals surface area contributed by atoms with Crippen LogP contribution in [-0.4, -0.2) is 37.6 Å². The molecule has 0 aliphatic heterocycles. The van der Waals surface area contributed by atoms with E-state index in [0.29, 0.717) is 0 Å². The first kappa shape index (κ1) is 18.0. The number of hydrogen-bond donors (Lipinski definition) is 1. The lowest BCUT2D eigenvalue weighted by molar-refractivity contribution is 0.245. The fourth-order valence-electron chi connectivity index (χ4n) is 3.29. The lowest BCUT2D eigenvalue weighted by Gasteiger charge is -2.23. The van der Waals surface area contributed by atoms with Gasteiger partial charge in [0.2, 0.25) is 0 Å². The summed E-state index contributed by atoms with van der Waals surface area (Å²) in [4.78, 5) is 2.56. The van der Waals surface area contributed by atoms with Gasteiger partial charge in [0.05, 0.1) is 0 Å². The molecule has 1 fully saturated rings. The SMILES string of the molecule is CCCCCCCCCCNCCN(C)C1CCCC1. The van der Waals surface area contributed by atoms with Crippen LogP contribution in [0.15, 0.2) is 0 Å². The highest BCUT2D eigenvalue weighted by Gasteiger charge is 2.18. The van der Waals surface area contributed by atoms with Crippen LogP contribution in [0.25, 0.3) is 0 Å². The van der Waals surface area contributed by atoms with E-state index in [2.05, 4.69) is 24.2 Å². The molecule has 0 bridgehead atoms. The zero-order chi connectivity index (χ0) is 14.5. The number of likely N-dealkylation sites (N-methyl/N-ethyl adjacent to an activating group) is 1. The topological polar surface area (TPSA) is 15.3 Å². The van der Waals surface area contributed by atoms with Gasteiger partial charge in [-0.15, -0.1) is 0 Å². The molecule has 0 saturated heterocycles. The van der Waals surface area contributed by atoms with Gasteiger partial charge in [-0.25, -0.2) is 0 Å². The Kier molecular flexibility index (Phi) is 11.4. The standard InChI is InChI=1S/C18H38N2/c1-3-4-5-6-7-8-9-12-15-19-16-17-20(2)18-13-10-11-14-18/h18-19H,3-17H2,1-2H3. The van der Waals surface area contributed by atoms with Gasteiger partial charge in [-0.3, -0.25) is 0 Å². The van der Waals surface area contributed by atoms with E-state index < -0.39 is 0 Å². The van der Waals surface area contributed by atoms with Gasteiger partial charge in [-0.1, -0.05) is 64.7 Å². The molecule has 1 rings (SSSR count). The zero-order valence-corrected chi connectivity index (χ0v) is 14.1. The number of hydrogen-bond acceptors (Lipinski definition) is 2. The largest absolute Gasteiger partial charge is 0.315 e. The van der Waals surface area contributed by atoms with Gasteiger partial charge in [-0.2, -0.15) is 0 Å². The van der Waals surface area contributed by atoms with Crippen LogP contribution in [0, 0.1) is 0 Å².